The zero-order valence-electron chi connectivity index (χ0n) is 15.9. The average molecular weight is 403 g/mol. The van der Waals surface area contributed by atoms with Gasteiger partial charge in [-0.25, -0.2) is 4.39 Å². The highest BCUT2D eigenvalue weighted by Gasteiger charge is 2.29. The monoisotopic (exact) mass is 402 g/mol. The summed E-state index contributed by atoms with van der Waals surface area (Å²) in [6.45, 7) is 3.17. The number of aryl methyl sites for hydroxylation is 1. The number of amides is 2. The molecule has 3 rings (SSSR count). The van der Waals surface area contributed by atoms with E-state index in [0.29, 0.717) is 31.0 Å². The molecule has 4 nitrogen and oxygen atoms in total. The van der Waals surface area contributed by atoms with Gasteiger partial charge in [-0.1, -0.05) is 29.8 Å². The first-order valence-electron chi connectivity index (χ1n) is 9.47. The number of nitrogens with zero attached hydrogens (tertiary/aromatic N) is 1. The van der Waals surface area contributed by atoms with Gasteiger partial charge in [0, 0.05) is 31.1 Å². The highest BCUT2D eigenvalue weighted by atomic mass is 35.5. The lowest BCUT2D eigenvalue weighted by Crippen LogP contribution is -2.46. The zero-order chi connectivity index (χ0) is 20.1. The first-order valence-corrected chi connectivity index (χ1v) is 9.85. The molecule has 1 atom stereocenters. The number of carbonyl (C=O) groups is 2. The number of hydrogen-bond donors (Lipinski definition) is 1. The van der Waals surface area contributed by atoms with Crippen LogP contribution >= 0.6 is 11.6 Å². The van der Waals surface area contributed by atoms with Crippen LogP contribution in [0.3, 0.4) is 0 Å². The summed E-state index contributed by atoms with van der Waals surface area (Å²) in [5.74, 6) is -0.560. The van der Waals surface area contributed by atoms with Gasteiger partial charge in [0.15, 0.2) is 0 Å². The van der Waals surface area contributed by atoms with Crippen LogP contribution in [0, 0.1) is 18.7 Å². The maximum Gasteiger partial charge on any atom is 0.225 e. The second kappa shape index (κ2) is 9.20. The van der Waals surface area contributed by atoms with Gasteiger partial charge in [-0.15, -0.1) is 0 Å². The number of hydrogen-bond acceptors (Lipinski definition) is 2. The van der Waals surface area contributed by atoms with Crippen LogP contribution in [-0.4, -0.2) is 29.8 Å². The van der Waals surface area contributed by atoms with E-state index in [1.807, 2.05) is 31.2 Å². The van der Waals surface area contributed by atoms with E-state index in [4.69, 9.17) is 11.6 Å². The molecular weight excluding hydrogens is 379 g/mol. The smallest absolute Gasteiger partial charge is 0.225 e. The molecule has 1 fully saturated rings. The lowest BCUT2D eigenvalue weighted by Gasteiger charge is -2.32. The molecule has 2 amide bonds. The number of rotatable bonds is 6. The fourth-order valence-electron chi connectivity index (χ4n) is 3.42. The molecule has 148 valence electrons. The number of likely N-dealkylation sites (tertiary alicyclic amines) is 1. The summed E-state index contributed by atoms with van der Waals surface area (Å²) in [5.41, 5.74) is 2.80. The number of piperidine rings is 1. The summed E-state index contributed by atoms with van der Waals surface area (Å²) in [7, 11) is 0. The van der Waals surface area contributed by atoms with E-state index >= 15 is 0 Å². The van der Waals surface area contributed by atoms with Crippen molar-refractivity contribution in [2.45, 2.75) is 32.7 Å². The Morgan fingerprint density at radius 2 is 2.00 bits per heavy atom. The average Bonchev–Trinajstić information content (AvgIpc) is 2.69. The van der Waals surface area contributed by atoms with E-state index in [2.05, 4.69) is 5.32 Å². The molecule has 0 aliphatic carbocycles. The lowest BCUT2D eigenvalue weighted by atomic mass is 9.96. The largest absolute Gasteiger partial charge is 0.352 e. The Balaban J connectivity index is 1.54. The van der Waals surface area contributed by atoms with Gasteiger partial charge in [0.1, 0.15) is 5.82 Å². The van der Waals surface area contributed by atoms with Crippen LogP contribution in [0.4, 0.5) is 4.39 Å². The molecule has 2 aromatic carbocycles. The van der Waals surface area contributed by atoms with E-state index < -0.39 is 0 Å². The van der Waals surface area contributed by atoms with Crippen molar-refractivity contribution < 1.29 is 14.0 Å². The molecular formula is C22H24ClFN2O2. The number of halogens is 2. The quantitative estimate of drug-likeness (QED) is 0.797. The van der Waals surface area contributed by atoms with Crippen LogP contribution in [0.5, 0.6) is 0 Å². The third-order valence-corrected chi connectivity index (χ3v) is 5.47. The van der Waals surface area contributed by atoms with E-state index in [9.17, 15) is 14.0 Å². The van der Waals surface area contributed by atoms with Crippen molar-refractivity contribution in [2.75, 3.05) is 13.1 Å². The number of carbonyl (C=O) groups excluding carboxylic acids is 2. The van der Waals surface area contributed by atoms with Crippen molar-refractivity contribution in [3.8, 4) is 0 Å². The molecule has 1 saturated heterocycles. The van der Waals surface area contributed by atoms with E-state index in [1.54, 1.807) is 11.0 Å². The molecule has 2 aromatic rings. The van der Waals surface area contributed by atoms with Crippen molar-refractivity contribution in [2.24, 2.45) is 5.92 Å². The molecule has 1 aliphatic rings. The van der Waals surface area contributed by atoms with Gasteiger partial charge in [0.25, 0.3) is 0 Å². The first kappa shape index (κ1) is 20.3. The van der Waals surface area contributed by atoms with Gasteiger partial charge in [-0.2, -0.15) is 0 Å². The third kappa shape index (κ3) is 5.32. The third-order valence-electron chi connectivity index (χ3n) is 5.22. The SMILES string of the molecule is Cc1ccc(F)cc1CNC(=O)C1CCC(=O)N(CCc2ccc(Cl)cc2)C1. The number of nitrogens with one attached hydrogen (secondary N) is 1. The zero-order valence-corrected chi connectivity index (χ0v) is 16.6. The van der Waals surface area contributed by atoms with E-state index in [0.717, 1.165) is 23.1 Å². The van der Waals surface area contributed by atoms with Gasteiger partial charge in [-0.05, 0) is 60.7 Å². The Morgan fingerprint density at radius 3 is 2.75 bits per heavy atom. The van der Waals surface area contributed by atoms with Gasteiger partial charge >= 0.3 is 0 Å². The summed E-state index contributed by atoms with van der Waals surface area (Å²) in [6.07, 6.45) is 1.64. The van der Waals surface area contributed by atoms with Crippen molar-refractivity contribution >= 4 is 23.4 Å². The minimum absolute atomic E-state index is 0.0824. The van der Waals surface area contributed by atoms with Gasteiger partial charge in [-0.3, -0.25) is 9.59 Å². The summed E-state index contributed by atoms with van der Waals surface area (Å²) < 4.78 is 13.4. The van der Waals surface area contributed by atoms with E-state index in [-0.39, 0.29) is 30.1 Å². The Bertz CT molecular complexity index is 854. The summed E-state index contributed by atoms with van der Waals surface area (Å²) >= 11 is 5.90. The second-order valence-electron chi connectivity index (χ2n) is 7.24. The normalized spacial score (nSPS) is 16.9. The minimum Gasteiger partial charge on any atom is -0.352 e. The molecule has 1 N–H and O–H groups in total. The Labute approximate surface area is 169 Å². The molecule has 28 heavy (non-hydrogen) atoms. The fraction of sp³-hybridized carbons (Fsp3) is 0.364. The van der Waals surface area contributed by atoms with Crippen LogP contribution in [0.2, 0.25) is 5.02 Å². The summed E-state index contributed by atoms with van der Waals surface area (Å²) in [4.78, 5) is 26.6. The van der Waals surface area contributed by atoms with E-state index in [1.165, 1.54) is 12.1 Å². The predicted molar refractivity (Wildman–Crippen MR) is 107 cm³/mol. The molecule has 1 aliphatic heterocycles. The molecule has 0 radical (unpaired) electrons. The van der Waals surface area contributed by atoms with Crippen LogP contribution in [0.1, 0.15) is 29.5 Å². The van der Waals surface area contributed by atoms with Crippen molar-refractivity contribution in [3.63, 3.8) is 0 Å². The highest BCUT2D eigenvalue weighted by molar-refractivity contribution is 6.30. The Morgan fingerprint density at radius 1 is 1.25 bits per heavy atom. The van der Waals surface area contributed by atoms with Gasteiger partial charge < -0.3 is 10.2 Å². The summed E-state index contributed by atoms with van der Waals surface area (Å²) in [6, 6.07) is 12.1. The summed E-state index contributed by atoms with van der Waals surface area (Å²) in [5, 5.41) is 3.58. The van der Waals surface area contributed by atoms with Gasteiger partial charge in [0.05, 0.1) is 5.92 Å². The molecule has 0 bridgehead atoms. The molecule has 6 heteroatoms. The second-order valence-corrected chi connectivity index (χ2v) is 7.68. The molecule has 1 heterocycles. The van der Waals surface area contributed by atoms with Crippen molar-refractivity contribution in [1.82, 2.24) is 10.2 Å². The van der Waals surface area contributed by atoms with Crippen molar-refractivity contribution in [3.05, 3.63) is 70.0 Å². The first-order chi connectivity index (χ1) is 13.4. The molecule has 1 unspecified atom stereocenters. The lowest BCUT2D eigenvalue weighted by molar-refractivity contribution is -0.138. The molecule has 0 saturated carbocycles. The standard InChI is InChI=1S/C22H24ClFN2O2/c1-15-2-8-20(24)12-18(15)13-25-22(28)17-5-9-21(27)26(14-17)11-10-16-3-6-19(23)7-4-16/h2-4,6-8,12,17H,5,9-11,13-14H2,1H3,(H,25,28). The molecule has 0 aromatic heterocycles. The highest BCUT2D eigenvalue weighted by Crippen LogP contribution is 2.19. The Hall–Kier alpha value is -2.40. The van der Waals surface area contributed by atoms with Crippen LogP contribution in [-0.2, 0) is 22.6 Å². The molecule has 0 spiro atoms. The van der Waals surface area contributed by atoms with Crippen molar-refractivity contribution in [1.29, 1.82) is 0 Å². The fourth-order valence-corrected chi connectivity index (χ4v) is 3.54. The topological polar surface area (TPSA) is 49.4 Å². The van der Waals surface area contributed by atoms with Crippen LogP contribution in [0.25, 0.3) is 0 Å². The maximum atomic E-state index is 13.4. The minimum atomic E-state index is -0.313. The number of benzene rings is 2. The van der Waals surface area contributed by atoms with Crippen LogP contribution < -0.4 is 5.32 Å². The maximum absolute atomic E-state index is 13.4. The Kier molecular flexibility index (Phi) is 6.68. The van der Waals surface area contributed by atoms with Gasteiger partial charge in [0.2, 0.25) is 11.8 Å². The van der Waals surface area contributed by atoms with Crippen LogP contribution in [0.15, 0.2) is 42.5 Å². The predicted octanol–water partition coefficient (Wildman–Crippen LogP) is 3.89.